The lowest BCUT2D eigenvalue weighted by molar-refractivity contribution is -0.131. The first-order valence-electron chi connectivity index (χ1n) is 6.71. The predicted molar refractivity (Wildman–Crippen MR) is 79.8 cm³/mol. The smallest absolute Gasteiger partial charge is 0.222 e. The van der Waals surface area contributed by atoms with Gasteiger partial charge in [0.05, 0.1) is 0 Å². The third-order valence-electron chi connectivity index (χ3n) is 3.44. The summed E-state index contributed by atoms with van der Waals surface area (Å²) in [5.41, 5.74) is 7.82. The van der Waals surface area contributed by atoms with E-state index in [9.17, 15) is 4.79 Å². The molecule has 110 valence electrons. The van der Waals surface area contributed by atoms with Crippen LogP contribution in [0, 0.1) is 6.92 Å². The zero-order chi connectivity index (χ0) is 15.1. The van der Waals surface area contributed by atoms with Gasteiger partial charge in [0.15, 0.2) is 0 Å². The Morgan fingerprint density at radius 2 is 2.00 bits per heavy atom. The lowest BCUT2D eigenvalue weighted by Gasteiger charge is -2.24. The van der Waals surface area contributed by atoms with Gasteiger partial charge in [0.2, 0.25) is 5.91 Å². The summed E-state index contributed by atoms with van der Waals surface area (Å²) >= 11 is 0. The fourth-order valence-corrected chi connectivity index (χ4v) is 1.91. The molecule has 5 nitrogen and oxygen atoms in total. The molecule has 20 heavy (non-hydrogen) atoms. The molecule has 5 heteroatoms. The van der Waals surface area contributed by atoms with Crippen LogP contribution in [0.1, 0.15) is 30.9 Å². The Kier molecular flexibility index (Phi) is 6.03. The van der Waals surface area contributed by atoms with E-state index in [1.807, 2.05) is 38.1 Å². The fourth-order valence-electron chi connectivity index (χ4n) is 1.91. The average molecular weight is 277 g/mol. The monoisotopic (exact) mass is 277 g/mol. The number of hydrogen-bond donors (Lipinski definition) is 2. The summed E-state index contributed by atoms with van der Waals surface area (Å²) in [6.07, 6.45) is 1.54. The summed E-state index contributed by atoms with van der Waals surface area (Å²) in [7, 11) is 1.74. The molecule has 1 aromatic carbocycles. The van der Waals surface area contributed by atoms with Crippen molar-refractivity contribution in [2.75, 3.05) is 7.05 Å². The van der Waals surface area contributed by atoms with Gasteiger partial charge in [-0.1, -0.05) is 35.0 Å². The zero-order valence-electron chi connectivity index (χ0n) is 12.3. The molecule has 3 N–H and O–H groups in total. The van der Waals surface area contributed by atoms with E-state index in [4.69, 9.17) is 10.9 Å². The number of carbonyl (C=O) groups is 1. The Morgan fingerprint density at radius 3 is 2.55 bits per heavy atom. The number of hydrogen-bond acceptors (Lipinski definition) is 3. The number of nitrogens with zero attached hydrogens (tertiary/aromatic N) is 2. The van der Waals surface area contributed by atoms with E-state index in [0.717, 1.165) is 12.0 Å². The molecular formula is C15H23N3O2. The Morgan fingerprint density at radius 1 is 1.40 bits per heavy atom. The third kappa shape index (κ3) is 4.91. The van der Waals surface area contributed by atoms with Gasteiger partial charge in [-0.05, 0) is 25.8 Å². The van der Waals surface area contributed by atoms with Crippen LogP contribution < -0.4 is 5.73 Å². The van der Waals surface area contributed by atoms with Gasteiger partial charge in [-0.3, -0.25) is 4.79 Å². The maximum absolute atomic E-state index is 12.1. The molecule has 1 rings (SSSR count). The lowest BCUT2D eigenvalue weighted by atomic mass is 10.1. The molecule has 0 spiro atoms. The maximum Gasteiger partial charge on any atom is 0.222 e. The van der Waals surface area contributed by atoms with E-state index in [1.54, 1.807) is 11.9 Å². The normalized spacial score (nSPS) is 13.1. The molecule has 0 fully saturated rings. The highest BCUT2D eigenvalue weighted by Crippen LogP contribution is 2.09. The van der Waals surface area contributed by atoms with Gasteiger partial charge in [0, 0.05) is 25.9 Å². The Hall–Kier alpha value is -2.04. The minimum absolute atomic E-state index is 0.0591. The van der Waals surface area contributed by atoms with Gasteiger partial charge in [0.1, 0.15) is 5.84 Å². The molecule has 0 aliphatic carbocycles. The van der Waals surface area contributed by atoms with Crippen LogP contribution >= 0.6 is 0 Å². The van der Waals surface area contributed by atoms with E-state index < -0.39 is 0 Å². The summed E-state index contributed by atoms with van der Waals surface area (Å²) in [6, 6.07) is 8.09. The van der Waals surface area contributed by atoms with Crippen LogP contribution in [0.25, 0.3) is 0 Å². The van der Waals surface area contributed by atoms with E-state index in [-0.39, 0.29) is 17.8 Å². The third-order valence-corrected chi connectivity index (χ3v) is 3.44. The molecule has 0 aliphatic rings. The first-order chi connectivity index (χ1) is 9.43. The molecule has 1 atom stereocenters. The second-order valence-corrected chi connectivity index (χ2v) is 5.13. The van der Waals surface area contributed by atoms with Crippen molar-refractivity contribution in [3.8, 4) is 0 Å². The van der Waals surface area contributed by atoms with Crippen LogP contribution in [0.15, 0.2) is 29.4 Å². The Labute approximate surface area is 120 Å². The largest absolute Gasteiger partial charge is 0.409 e. The standard InChI is InChI=1S/C15H23N3O2/c1-11-4-6-13(7-5-11)8-9-15(19)18(3)12(2)10-14(16)17-20/h4-7,12,20H,8-10H2,1-3H3,(H2,16,17). The predicted octanol–water partition coefficient (Wildman–Crippen LogP) is 1.91. The lowest BCUT2D eigenvalue weighted by Crippen LogP contribution is -2.37. The average Bonchev–Trinajstić information content (AvgIpc) is 2.45. The highest BCUT2D eigenvalue weighted by molar-refractivity contribution is 5.82. The van der Waals surface area contributed by atoms with E-state index in [1.165, 1.54) is 5.56 Å². The molecule has 0 heterocycles. The summed E-state index contributed by atoms with van der Waals surface area (Å²) in [5.74, 6) is 0.194. The van der Waals surface area contributed by atoms with Crippen molar-refractivity contribution < 1.29 is 10.0 Å². The molecule has 1 amide bonds. The first kappa shape index (κ1) is 16.0. The van der Waals surface area contributed by atoms with Crippen LogP contribution in [0.3, 0.4) is 0 Å². The molecule has 1 aromatic rings. The topological polar surface area (TPSA) is 78.9 Å². The van der Waals surface area contributed by atoms with E-state index in [0.29, 0.717) is 12.8 Å². The van der Waals surface area contributed by atoms with Gasteiger partial charge < -0.3 is 15.8 Å². The van der Waals surface area contributed by atoms with Crippen molar-refractivity contribution in [2.45, 2.75) is 39.2 Å². The first-order valence-corrected chi connectivity index (χ1v) is 6.71. The van der Waals surface area contributed by atoms with Crippen molar-refractivity contribution in [2.24, 2.45) is 10.9 Å². The number of amidine groups is 1. The number of amides is 1. The highest BCUT2D eigenvalue weighted by atomic mass is 16.4. The number of rotatable bonds is 6. The summed E-state index contributed by atoms with van der Waals surface area (Å²) in [4.78, 5) is 13.7. The van der Waals surface area contributed by atoms with Crippen LogP contribution in [0.5, 0.6) is 0 Å². The van der Waals surface area contributed by atoms with Gasteiger partial charge in [-0.2, -0.15) is 0 Å². The molecule has 0 saturated carbocycles. The Bertz CT molecular complexity index is 469. The highest BCUT2D eigenvalue weighted by Gasteiger charge is 2.16. The van der Waals surface area contributed by atoms with Crippen molar-refractivity contribution in [1.29, 1.82) is 0 Å². The van der Waals surface area contributed by atoms with Crippen LogP contribution in [0.2, 0.25) is 0 Å². The molecule has 0 bridgehead atoms. The number of nitrogens with two attached hydrogens (primary N) is 1. The second kappa shape index (κ2) is 7.53. The summed E-state index contributed by atoms with van der Waals surface area (Å²) < 4.78 is 0. The minimum Gasteiger partial charge on any atom is -0.409 e. The zero-order valence-corrected chi connectivity index (χ0v) is 12.3. The maximum atomic E-state index is 12.1. The molecule has 0 saturated heterocycles. The van der Waals surface area contributed by atoms with Crippen LogP contribution in [-0.4, -0.2) is 34.9 Å². The van der Waals surface area contributed by atoms with Crippen molar-refractivity contribution in [1.82, 2.24) is 4.90 Å². The molecule has 0 radical (unpaired) electrons. The number of oxime groups is 1. The van der Waals surface area contributed by atoms with Crippen molar-refractivity contribution in [3.05, 3.63) is 35.4 Å². The molecule has 0 aliphatic heterocycles. The van der Waals surface area contributed by atoms with Gasteiger partial charge >= 0.3 is 0 Å². The van der Waals surface area contributed by atoms with E-state index >= 15 is 0 Å². The van der Waals surface area contributed by atoms with Gasteiger partial charge in [-0.15, -0.1) is 0 Å². The minimum atomic E-state index is -0.0867. The second-order valence-electron chi connectivity index (χ2n) is 5.13. The molecule has 1 unspecified atom stereocenters. The quantitative estimate of drug-likeness (QED) is 0.361. The fraction of sp³-hybridized carbons (Fsp3) is 0.467. The molecule has 0 aromatic heterocycles. The van der Waals surface area contributed by atoms with E-state index in [2.05, 4.69) is 5.16 Å². The van der Waals surface area contributed by atoms with Crippen LogP contribution in [-0.2, 0) is 11.2 Å². The van der Waals surface area contributed by atoms with Crippen molar-refractivity contribution >= 4 is 11.7 Å². The summed E-state index contributed by atoms with van der Waals surface area (Å²) in [6.45, 7) is 3.92. The Balaban J connectivity index is 2.47. The summed E-state index contributed by atoms with van der Waals surface area (Å²) in [5, 5.41) is 11.5. The van der Waals surface area contributed by atoms with Gasteiger partial charge in [0.25, 0.3) is 0 Å². The van der Waals surface area contributed by atoms with Crippen molar-refractivity contribution in [3.63, 3.8) is 0 Å². The number of carbonyl (C=O) groups excluding carboxylic acids is 1. The number of benzene rings is 1. The SMILES string of the molecule is Cc1ccc(CCC(=O)N(C)C(C)CC(N)=NO)cc1. The van der Waals surface area contributed by atoms with Crippen LogP contribution in [0.4, 0.5) is 0 Å². The number of aryl methyl sites for hydroxylation is 2. The van der Waals surface area contributed by atoms with Gasteiger partial charge in [-0.25, -0.2) is 0 Å². The molecular weight excluding hydrogens is 254 g/mol.